The molecule has 0 fully saturated rings. The maximum atomic E-state index is 3.53. The van der Waals surface area contributed by atoms with E-state index in [2.05, 4.69) is 55.2 Å². The van der Waals surface area contributed by atoms with Crippen LogP contribution in [0.5, 0.6) is 0 Å². The molecule has 2 aromatic carbocycles. The van der Waals surface area contributed by atoms with E-state index < -0.39 is 0 Å². The molecule has 0 atom stereocenters. The third-order valence-corrected chi connectivity index (χ3v) is 3.56. The zero-order chi connectivity index (χ0) is 11.8. The molecule has 0 aliphatic heterocycles. The first kappa shape index (κ1) is 10.4. The van der Waals surface area contributed by atoms with Crippen molar-refractivity contribution >= 4 is 21.8 Å². The number of aromatic nitrogens is 1. The van der Waals surface area contributed by atoms with Gasteiger partial charge < -0.3 is 4.98 Å². The smallest absolute Gasteiger partial charge is 0.0467 e. The fourth-order valence-electron chi connectivity index (χ4n) is 2.59. The SMILES string of the molecule is CCc1ccc2c(c1)[nH]c1cccc(CC)c12. The molecule has 0 aliphatic carbocycles. The van der Waals surface area contributed by atoms with Gasteiger partial charge in [-0.3, -0.25) is 0 Å². The minimum atomic E-state index is 1.08. The molecule has 0 unspecified atom stereocenters. The molecule has 86 valence electrons. The average molecular weight is 223 g/mol. The van der Waals surface area contributed by atoms with Crippen LogP contribution in [0.25, 0.3) is 21.8 Å². The van der Waals surface area contributed by atoms with Gasteiger partial charge in [-0.25, -0.2) is 0 Å². The van der Waals surface area contributed by atoms with Crippen molar-refractivity contribution in [3.63, 3.8) is 0 Å². The Morgan fingerprint density at radius 1 is 0.941 bits per heavy atom. The van der Waals surface area contributed by atoms with Gasteiger partial charge in [-0.15, -0.1) is 0 Å². The third kappa shape index (κ3) is 1.54. The lowest BCUT2D eigenvalue weighted by atomic mass is 10.0. The zero-order valence-corrected chi connectivity index (χ0v) is 10.4. The minimum Gasteiger partial charge on any atom is -0.354 e. The molecule has 17 heavy (non-hydrogen) atoms. The number of aromatic amines is 1. The van der Waals surface area contributed by atoms with Crippen molar-refractivity contribution < 1.29 is 0 Å². The van der Waals surface area contributed by atoms with Crippen LogP contribution in [0.15, 0.2) is 36.4 Å². The molecule has 1 N–H and O–H groups in total. The Kier molecular flexibility index (Phi) is 2.40. The van der Waals surface area contributed by atoms with Gasteiger partial charge in [0.05, 0.1) is 0 Å². The van der Waals surface area contributed by atoms with E-state index in [0.717, 1.165) is 12.8 Å². The monoisotopic (exact) mass is 223 g/mol. The van der Waals surface area contributed by atoms with Gasteiger partial charge in [0.1, 0.15) is 0 Å². The molecule has 3 aromatic rings. The highest BCUT2D eigenvalue weighted by Crippen LogP contribution is 2.29. The molecule has 1 heteroatoms. The van der Waals surface area contributed by atoms with Crippen LogP contribution in [0.1, 0.15) is 25.0 Å². The Morgan fingerprint density at radius 3 is 2.59 bits per heavy atom. The van der Waals surface area contributed by atoms with Crippen LogP contribution in [0, 0.1) is 0 Å². The van der Waals surface area contributed by atoms with E-state index in [9.17, 15) is 0 Å². The van der Waals surface area contributed by atoms with Gasteiger partial charge in [-0.1, -0.05) is 38.1 Å². The van der Waals surface area contributed by atoms with Crippen molar-refractivity contribution in [1.29, 1.82) is 0 Å². The summed E-state index contributed by atoms with van der Waals surface area (Å²) in [6, 6.07) is 13.3. The highest BCUT2D eigenvalue weighted by Gasteiger charge is 2.07. The summed E-state index contributed by atoms with van der Waals surface area (Å²) in [5.41, 5.74) is 5.34. The second-order valence-electron chi connectivity index (χ2n) is 4.55. The van der Waals surface area contributed by atoms with Gasteiger partial charge in [-0.05, 0) is 36.1 Å². The van der Waals surface area contributed by atoms with E-state index in [1.165, 1.54) is 32.9 Å². The second-order valence-corrected chi connectivity index (χ2v) is 4.55. The van der Waals surface area contributed by atoms with Crippen LogP contribution < -0.4 is 0 Å². The van der Waals surface area contributed by atoms with Gasteiger partial charge in [0.15, 0.2) is 0 Å². The molecule has 0 amide bonds. The van der Waals surface area contributed by atoms with Crippen LogP contribution >= 0.6 is 0 Å². The molecule has 0 spiro atoms. The summed E-state index contributed by atoms with van der Waals surface area (Å²) < 4.78 is 0. The predicted octanol–water partition coefficient (Wildman–Crippen LogP) is 4.45. The van der Waals surface area contributed by atoms with Crippen molar-refractivity contribution in [3.05, 3.63) is 47.5 Å². The molecule has 0 aliphatic rings. The first-order valence-corrected chi connectivity index (χ1v) is 6.35. The summed E-state index contributed by atoms with van der Waals surface area (Å²) in [7, 11) is 0. The van der Waals surface area contributed by atoms with E-state index in [1.54, 1.807) is 0 Å². The number of rotatable bonds is 2. The molecule has 0 bridgehead atoms. The maximum Gasteiger partial charge on any atom is 0.0467 e. The number of nitrogens with one attached hydrogen (secondary N) is 1. The summed E-state index contributed by atoms with van der Waals surface area (Å²) in [6.45, 7) is 4.41. The van der Waals surface area contributed by atoms with Crippen LogP contribution in [-0.2, 0) is 12.8 Å². The third-order valence-electron chi connectivity index (χ3n) is 3.56. The molecule has 0 saturated carbocycles. The Labute approximate surface area is 101 Å². The Balaban J connectivity index is 2.42. The summed E-state index contributed by atoms with van der Waals surface area (Å²) in [5.74, 6) is 0. The number of aryl methyl sites for hydroxylation is 2. The predicted molar refractivity (Wildman–Crippen MR) is 74.6 cm³/mol. The van der Waals surface area contributed by atoms with Crippen LogP contribution in [-0.4, -0.2) is 4.98 Å². The Bertz CT molecular complexity index is 676. The lowest BCUT2D eigenvalue weighted by Crippen LogP contribution is -1.81. The quantitative estimate of drug-likeness (QED) is 0.660. The van der Waals surface area contributed by atoms with Crippen LogP contribution in [0.2, 0.25) is 0 Å². The van der Waals surface area contributed by atoms with Gasteiger partial charge in [0.2, 0.25) is 0 Å². The molecule has 0 radical (unpaired) electrons. The van der Waals surface area contributed by atoms with Crippen molar-refractivity contribution in [1.82, 2.24) is 4.98 Å². The van der Waals surface area contributed by atoms with Crippen LogP contribution in [0.4, 0.5) is 0 Å². The summed E-state index contributed by atoms with van der Waals surface area (Å²) in [6.07, 6.45) is 2.17. The molecule has 1 heterocycles. The number of fused-ring (bicyclic) bond motifs is 3. The van der Waals surface area contributed by atoms with Gasteiger partial charge in [0.25, 0.3) is 0 Å². The highest BCUT2D eigenvalue weighted by atomic mass is 14.7. The van der Waals surface area contributed by atoms with E-state index in [1.807, 2.05) is 0 Å². The van der Waals surface area contributed by atoms with Crippen LogP contribution in [0.3, 0.4) is 0 Å². The summed E-state index contributed by atoms with van der Waals surface area (Å²) in [4.78, 5) is 3.53. The standard InChI is InChI=1S/C16H17N/c1-3-11-8-9-13-15(10-11)17-14-7-5-6-12(4-2)16(13)14/h5-10,17H,3-4H2,1-2H3. The lowest BCUT2D eigenvalue weighted by Gasteiger charge is -2.00. The van der Waals surface area contributed by atoms with Crippen molar-refractivity contribution in [2.75, 3.05) is 0 Å². The first-order chi connectivity index (χ1) is 8.33. The molecule has 0 saturated heterocycles. The zero-order valence-electron chi connectivity index (χ0n) is 10.4. The van der Waals surface area contributed by atoms with Crippen molar-refractivity contribution in [3.8, 4) is 0 Å². The number of H-pyrrole nitrogens is 1. The average Bonchev–Trinajstić information content (AvgIpc) is 2.75. The van der Waals surface area contributed by atoms with Crippen molar-refractivity contribution in [2.24, 2.45) is 0 Å². The van der Waals surface area contributed by atoms with E-state index in [-0.39, 0.29) is 0 Å². The molecular formula is C16H17N. The summed E-state index contributed by atoms with van der Waals surface area (Å²) in [5, 5.41) is 2.75. The van der Waals surface area contributed by atoms with Gasteiger partial charge in [0, 0.05) is 21.8 Å². The maximum absolute atomic E-state index is 3.53. The fourth-order valence-corrected chi connectivity index (χ4v) is 2.59. The largest absolute Gasteiger partial charge is 0.354 e. The minimum absolute atomic E-state index is 1.08. The number of hydrogen-bond donors (Lipinski definition) is 1. The fraction of sp³-hybridized carbons (Fsp3) is 0.250. The highest BCUT2D eigenvalue weighted by molar-refractivity contribution is 6.09. The lowest BCUT2D eigenvalue weighted by molar-refractivity contribution is 1.14. The van der Waals surface area contributed by atoms with Gasteiger partial charge in [-0.2, -0.15) is 0 Å². The number of hydrogen-bond acceptors (Lipinski definition) is 0. The Hall–Kier alpha value is -1.76. The Morgan fingerprint density at radius 2 is 1.82 bits per heavy atom. The normalized spacial score (nSPS) is 11.4. The van der Waals surface area contributed by atoms with Gasteiger partial charge >= 0.3 is 0 Å². The number of benzene rings is 2. The van der Waals surface area contributed by atoms with E-state index >= 15 is 0 Å². The second kappa shape index (κ2) is 3.92. The molecule has 1 nitrogen and oxygen atoms in total. The first-order valence-electron chi connectivity index (χ1n) is 6.35. The summed E-state index contributed by atoms with van der Waals surface area (Å²) >= 11 is 0. The topological polar surface area (TPSA) is 15.8 Å². The molecular weight excluding hydrogens is 206 g/mol. The molecule has 3 rings (SSSR count). The van der Waals surface area contributed by atoms with Crippen molar-refractivity contribution in [2.45, 2.75) is 26.7 Å². The van der Waals surface area contributed by atoms with E-state index in [0.29, 0.717) is 0 Å². The van der Waals surface area contributed by atoms with E-state index in [4.69, 9.17) is 0 Å². The molecule has 1 aromatic heterocycles.